The molecule has 1 heterocycles. The third-order valence-corrected chi connectivity index (χ3v) is 4.69. The van der Waals surface area contributed by atoms with E-state index in [9.17, 15) is 9.59 Å². The van der Waals surface area contributed by atoms with Gasteiger partial charge in [-0.3, -0.25) is 9.59 Å². The minimum absolute atomic E-state index is 0.260. The molecule has 25 heavy (non-hydrogen) atoms. The number of hydrogen-bond acceptors (Lipinski definition) is 3. The summed E-state index contributed by atoms with van der Waals surface area (Å²) in [7, 11) is 0. The Morgan fingerprint density at radius 1 is 0.920 bits per heavy atom. The number of benzene rings is 2. The molecule has 0 fully saturated rings. The van der Waals surface area contributed by atoms with Gasteiger partial charge in [0.1, 0.15) is 6.04 Å². The van der Waals surface area contributed by atoms with Crippen LogP contribution >= 0.6 is 11.3 Å². The normalized spacial score (nSPS) is 11.6. The molecule has 2 N–H and O–H groups in total. The van der Waals surface area contributed by atoms with E-state index in [2.05, 4.69) is 10.6 Å². The molecular weight excluding hydrogens is 332 g/mol. The Bertz CT molecular complexity index is 860. The second-order valence-corrected chi connectivity index (χ2v) is 6.55. The third kappa shape index (κ3) is 4.14. The van der Waals surface area contributed by atoms with Crippen LogP contribution in [0, 0.1) is 6.92 Å². The van der Waals surface area contributed by atoms with E-state index in [4.69, 9.17) is 0 Å². The number of para-hydroxylation sites is 1. The fourth-order valence-electron chi connectivity index (χ4n) is 2.47. The minimum atomic E-state index is -0.768. The highest BCUT2D eigenvalue weighted by molar-refractivity contribution is 7.12. The molecule has 0 radical (unpaired) electrons. The van der Waals surface area contributed by atoms with E-state index in [1.165, 1.54) is 11.3 Å². The molecule has 0 saturated heterocycles. The molecule has 0 aliphatic carbocycles. The number of nitrogens with one attached hydrogen (secondary N) is 2. The van der Waals surface area contributed by atoms with E-state index < -0.39 is 6.04 Å². The van der Waals surface area contributed by atoms with Crippen molar-refractivity contribution < 1.29 is 9.59 Å². The summed E-state index contributed by atoms with van der Waals surface area (Å²) < 4.78 is 0. The van der Waals surface area contributed by atoms with Crippen LogP contribution in [0.4, 0.5) is 5.69 Å². The van der Waals surface area contributed by atoms with Crippen LogP contribution in [-0.2, 0) is 4.79 Å². The van der Waals surface area contributed by atoms with Gasteiger partial charge in [-0.1, -0.05) is 54.6 Å². The van der Waals surface area contributed by atoms with Crippen molar-refractivity contribution in [3.05, 3.63) is 88.1 Å². The van der Waals surface area contributed by atoms with Crippen LogP contribution in [0.1, 0.15) is 26.8 Å². The summed E-state index contributed by atoms with van der Waals surface area (Å²) in [5, 5.41) is 7.58. The van der Waals surface area contributed by atoms with Crippen LogP contribution in [0.3, 0.4) is 0 Å². The van der Waals surface area contributed by atoms with Gasteiger partial charge in [0.05, 0.1) is 4.88 Å². The average molecular weight is 350 g/mol. The second-order valence-electron chi connectivity index (χ2n) is 5.60. The molecule has 0 spiro atoms. The molecule has 0 unspecified atom stereocenters. The topological polar surface area (TPSA) is 58.2 Å². The van der Waals surface area contributed by atoms with Crippen molar-refractivity contribution in [2.75, 3.05) is 5.32 Å². The fraction of sp³-hybridized carbons (Fsp3) is 0.100. The number of rotatable bonds is 5. The Kier molecular flexibility index (Phi) is 5.26. The zero-order valence-corrected chi connectivity index (χ0v) is 14.5. The first-order valence-corrected chi connectivity index (χ1v) is 8.79. The lowest BCUT2D eigenvalue weighted by Crippen LogP contribution is -2.36. The Morgan fingerprint density at radius 3 is 2.32 bits per heavy atom. The summed E-state index contributed by atoms with van der Waals surface area (Å²) in [6, 6.07) is 19.6. The van der Waals surface area contributed by atoms with Gasteiger partial charge < -0.3 is 10.6 Å². The molecule has 126 valence electrons. The lowest BCUT2D eigenvalue weighted by Gasteiger charge is -2.19. The van der Waals surface area contributed by atoms with Crippen LogP contribution in [0.15, 0.2) is 72.1 Å². The van der Waals surface area contributed by atoms with Gasteiger partial charge in [0.15, 0.2) is 0 Å². The molecule has 2 amide bonds. The molecule has 0 saturated carbocycles. The van der Waals surface area contributed by atoms with Crippen LogP contribution in [0.5, 0.6) is 0 Å². The highest BCUT2D eigenvalue weighted by Gasteiger charge is 2.24. The van der Waals surface area contributed by atoms with Gasteiger partial charge in [0.2, 0.25) is 0 Å². The van der Waals surface area contributed by atoms with Crippen LogP contribution in [-0.4, -0.2) is 11.8 Å². The first kappa shape index (κ1) is 16.9. The van der Waals surface area contributed by atoms with Gasteiger partial charge in [-0.2, -0.15) is 0 Å². The molecule has 4 nitrogen and oxygen atoms in total. The molecule has 0 bridgehead atoms. The third-order valence-electron chi connectivity index (χ3n) is 3.82. The Morgan fingerprint density at radius 2 is 1.64 bits per heavy atom. The number of amides is 2. The summed E-state index contributed by atoms with van der Waals surface area (Å²) in [6.07, 6.45) is 0. The molecule has 1 aromatic heterocycles. The van der Waals surface area contributed by atoms with E-state index in [1.54, 1.807) is 6.07 Å². The predicted octanol–water partition coefficient (Wildman–Crippen LogP) is 4.17. The van der Waals surface area contributed by atoms with Crippen molar-refractivity contribution >= 4 is 28.8 Å². The quantitative estimate of drug-likeness (QED) is 0.726. The van der Waals surface area contributed by atoms with Crippen LogP contribution < -0.4 is 10.6 Å². The Hall–Kier alpha value is -2.92. The number of thiophene rings is 1. The number of hydrogen-bond donors (Lipinski definition) is 2. The molecule has 1 atom stereocenters. The largest absolute Gasteiger partial charge is 0.336 e. The highest BCUT2D eigenvalue weighted by atomic mass is 32.1. The van der Waals surface area contributed by atoms with E-state index in [1.807, 2.05) is 73.0 Å². The number of carbonyl (C=O) groups excluding carboxylic acids is 2. The lowest BCUT2D eigenvalue weighted by molar-refractivity contribution is -0.118. The zero-order valence-electron chi connectivity index (χ0n) is 13.7. The molecule has 0 aliphatic heterocycles. The summed E-state index contributed by atoms with van der Waals surface area (Å²) >= 11 is 1.34. The molecule has 3 aromatic rings. The first-order chi connectivity index (χ1) is 12.1. The maximum absolute atomic E-state index is 12.8. The van der Waals surface area contributed by atoms with Crippen molar-refractivity contribution in [2.24, 2.45) is 0 Å². The molecular formula is C20H18N2O2S. The Labute approximate surface area is 150 Å². The first-order valence-electron chi connectivity index (χ1n) is 7.91. The van der Waals surface area contributed by atoms with Crippen molar-refractivity contribution in [2.45, 2.75) is 13.0 Å². The van der Waals surface area contributed by atoms with Crippen molar-refractivity contribution in [1.29, 1.82) is 0 Å². The average Bonchev–Trinajstić information content (AvgIpc) is 3.17. The van der Waals surface area contributed by atoms with E-state index in [0.717, 1.165) is 16.8 Å². The zero-order chi connectivity index (χ0) is 17.6. The second kappa shape index (κ2) is 7.77. The van der Waals surface area contributed by atoms with Gasteiger partial charge in [-0.05, 0) is 35.6 Å². The van der Waals surface area contributed by atoms with Gasteiger partial charge in [-0.15, -0.1) is 11.3 Å². The van der Waals surface area contributed by atoms with E-state index in [-0.39, 0.29) is 11.8 Å². The van der Waals surface area contributed by atoms with Gasteiger partial charge in [0.25, 0.3) is 11.8 Å². The standard InChI is InChI=1S/C20H18N2O2S/c1-14-8-5-6-11-16(14)21-20(24)18(15-9-3-2-4-10-15)22-19(23)17-12-7-13-25-17/h2-13,18H,1H3,(H,21,24)(H,22,23)/t18-/m1/s1. The maximum Gasteiger partial charge on any atom is 0.262 e. The number of aryl methyl sites for hydroxylation is 1. The monoisotopic (exact) mass is 350 g/mol. The summed E-state index contributed by atoms with van der Waals surface area (Å²) in [6.45, 7) is 1.93. The molecule has 3 rings (SSSR count). The summed E-state index contributed by atoms with van der Waals surface area (Å²) in [5.74, 6) is -0.533. The van der Waals surface area contributed by atoms with Crippen molar-refractivity contribution in [3.8, 4) is 0 Å². The van der Waals surface area contributed by atoms with Crippen LogP contribution in [0.25, 0.3) is 0 Å². The van der Waals surface area contributed by atoms with Crippen molar-refractivity contribution in [3.63, 3.8) is 0 Å². The molecule has 0 aliphatic rings. The van der Waals surface area contributed by atoms with Crippen LogP contribution in [0.2, 0.25) is 0 Å². The molecule has 2 aromatic carbocycles. The minimum Gasteiger partial charge on any atom is -0.336 e. The smallest absolute Gasteiger partial charge is 0.262 e. The molecule has 5 heteroatoms. The maximum atomic E-state index is 12.8. The predicted molar refractivity (Wildman–Crippen MR) is 101 cm³/mol. The van der Waals surface area contributed by atoms with Gasteiger partial charge in [-0.25, -0.2) is 0 Å². The fourth-order valence-corrected chi connectivity index (χ4v) is 3.10. The van der Waals surface area contributed by atoms with Gasteiger partial charge >= 0.3 is 0 Å². The highest BCUT2D eigenvalue weighted by Crippen LogP contribution is 2.20. The number of carbonyl (C=O) groups is 2. The van der Waals surface area contributed by atoms with Gasteiger partial charge in [0, 0.05) is 5.69 Å². The van der Waals surface area contributed by atoms with Crippen molar-refractivity contribution in [1.82, 2.24) is 5.32 Å². The number of anilines is 1. The summed E-state index contributed by atoms with van der Waals surface area (Å²) in [5.41, 5.74) is 2.43. The lowest BCUT2D eigenvalue weighted by atomic mass is 10.1. The van der Waals surface area contributed by atoms with E-state index in [0.29, 0.717) is 4.88 Å². The SMILES string of the molecule is Cc1ccccc1NC(=O)[C@H](NC(=O)c1cccs1)c1ccccc1. The van der Waals surface area contributed by atoms with E-state index >= 15 is 0 Å². The Balaban J connectivity index is 1.84. The summed E-state index contributed by atoms with van der Waals surface area (Å²) in [4.78, 5) is 25.9.